The molecule has 1 fully saturated rings. The molecule has 1 aliphatic heterocycles. The molecule has 0 bridgehead atoms. The van der Waals surface area contributed by atoms with Crippen molar-refractivity contribution in [1.29, 1.82) is 0 Å². The lowest BCUT2D eigenvalue weighted by Gasteiger charge is -2.36. The van der Waals surface area contributed by atoms with Crippen molar-refractivity contribution < 1.29 is 9.53 Å². The number of amides is 1. The Labute approximate surface area is 191 Å². The van der Waals surface area contributed by atoms with E-state index in [9.17, 15) is 4.79 Å². The van der Waals surface area contributed by atoms with Crippen LogP contribution in [-0.2, 0) is 11.3 Å². The number of hydrogen-bond acceptors (Lipinski definition) is 7. The largest absolute Gasteiger partial charge is 0.492 e. The minimum absolute atomic E-state index is 0.145. The second kappa shape index (κ2) is 10.2. The van der Waals surface area contributed by atoms with Gasteiger partial charge < -0.3 is 19.1 Å². The van der Waals surface area contributed by atoms with Crippen LogP contribution in [0.25, 0.3) is 10.7 Å². The van der Waals surface area contributed by atoms with E-state index in [1.165, 1.54) is 11.8 Å². The van der Waals surface area contributed by atoms with E-state index in [1.807, 2.05) is 47.5 Å². The molecular weight excluding hydrogens is 430 g/mol. The van der Waals surface area contributed by atoms with E-state index in [-0.39, 0.29) is 5.91 Å². The van der Waals surface area contributed by atoms with E-state index in [4.69, 9.17) is 4.74 Å². The van der Waals surface area contributed by atoms with E-state index in [2.05, 4.69) is 32.7 Å². The highest BCUT2D eigenvalue weighted by molar-refractivity contribution is 7.99. The molecule has 0 unspecified atom stereocenters. The van der Waals surface area contributed by atoms with Crippen LogP contribution in [0.4, 0.5) is 5.69 Å². The second-order valence-electron chi connectivity index (χ2n) is 7.08. The van der Waals surface area contributed by atoms with Crippen LogP contribution in [0, 0.1) is 0 Å². The van der Waals surface area contributed by atoms with E-state index < -0.39 is 0 Å². The number of piperazine rings is 1. The average Bonchev–Trinajstić information content (AvgIpc) is 3.47. The number of aromatic nitrogens is 3. The number of carbonyl (C=O) groups excluding carboxylic acids is 1. The molecule has 0 radical (unpaired) electrons. The van der Waals surface area contributed by atoms with Crippen LogP contribution in [0.2, 0.25) is 0 Å². The Morgan fingerprint density at radius 2 is 1.90 bits per heavy atom. The zero-order chi connectivity index (χ0) is 21.6. The number of thiophene rings is 1. The summed E-state index contributed by atoms with van der Waals surface area (Å²) in [5.41, 5.74) is 1.10. The minimum Gasteiger partial charge on any atom is -0.492 e. The summed E-state index contributed by atoms with van der Waals surface area (Å²) in [5.74, 6) is 2.29. The van der Waals surface area contributed by atoms with Gasteiger partial charge in [0.05, 0.1) is 22.9 Å². The van der Waals surface area contributed by atoms with Crippen LogP contribution in [0.5, 0.6) is 5.75 Å². The molecule has 1 amide bonds. The zero-order valence-corrected chi connectivity index (χ0v) is 19.5. The summed E-state index contributed by atoms with van der Waals surface area (Å²) >= 11 is 3.11. The van der Waals surface area contributed by atoms with E-state index >= 15 is 0 Å². The maximum absolute atomic E-state index is 12.8. The summed E-state index contributed by atoms with van der Waals surface area (Å²) in [5, 5.41) is 11.5. The van der Waals surface area contributed by atoms with Gasteiger partial charge in [0, 0.05) is 32.7 Å². The maximum Gasteiger partial charge on any atom is 0.233 e. The van der Waals surface area contributed by atoms with Gasteiger partial charge in [-0.05, 0) is 37.4 Å². The van der Waals surface area contributed by atoms with Crippen LogP contribution in [0.1, 0.15) is 13.8 Å². The van der Waals surface area contributed by atoms with Crippen molar-refractivity contribution in [1.82, 2.24) is 19.7 Å². The summed E-state index contributed by atoms with van der Waals surface area (Å²) in [6, 6.07) is 12.2. The van der Waals surface area contributed by atoms with E-state index in [0.29, 0.717) is 25.4 Å². The Kier molecular flexibility index (Phi) is 7.14. The zero-order valence-electron chi connectivity index (χ0n) is 17.9. The van der Waals surface area contributed by atoms with Gasteiger partial charge in [0.1, 0.15) is 5.75 Å². The monoisotopic (exact) mass is 457 g/mol. The van der Waals surface area contributed by atoms with Crippen molar-refractivity contribution in [2.24, 2.45) is 0 Å². The number of benzene rings is 1. The third kappa shape index (κ3) is 4.88. The third-order valence-electron chi connectivity index (χ3n) is 5.24. The van der Waals surface area contributed by atoms with Crippen molar-refractivity contribution >= 4 is 34.7 Å². The van der Waals surface area contributed by atoms with Crippen LogP contribution >= 0.6 is 23.1 Å². The predicted molar refractivity (Wildman–Crippen MR) is 126 cm³/mol. The molecule has 0 spiro atoms. The van der Waals surface area contributed by atoms with Crippen LogP contribution in [0.3, 0.4) is 0 Å². The van der Waals surface area contributed by atoms with Gasteiger partial charge >= 0.3 is 0 Å². The number of hydrogen-bond donors (Lipinski definition) is 0. The lowest BCUT2D eigenvalue weighted by molar-refractivity contribution is -0.128. The standard InChI is InChI=1S/C22H27N5O2S2/c1-3-27-21(19-10-7-15-30-19)23-24-22(27)31-16-20(28)26-13-11-25(12-14-26)17-8-5-6-9-18(17)29-4-2/h5-10,15H,3-4,11-14,16H2,1-2H3. The van der Waals surface area contributed by atoms with Crippen LogP contribution < -0.4 is 9.64 Å². The average molecular weight is 458 g/mol. The van der Waals surface area contributed by atoms with Crippen molar-refractivity contribution in [2.45, 2.75) is 25.5 Å². The Balaban J connectivity index is 1.33. The Morgan fingerprint density at radius 3 is 2.61 bits per heavy atom. The Bertz CT molecular complexity index is 997. The molecule has 3 aromatic rings. The van der Waals surface area contributed by atoms with Gasteiger partial charge in [0.15, 0.2) is 11.0 Å². The quantitative estimate of drug-likeness (QED) is 0.479. The van der Waals surface area contributed by atoms with Crippen molar-refractivity contribution in [2.75, 3.05) is 43.4 Å². The third-order valence-corrected chi connectivity index (χ3v) is 7.05. The van der Waals surface area contributed by atoms with Gasteiger partial charge in [-0.25, -0.2) is 0 Å². The highest BCUT2D eigenvalue weighted by atomic mass is 32.2. The normalized spacial score (nSPS) is 14.1. The summed E-state index contributed by atoms with van der Waals surface area (Å²) in [6.45, 7) is 8.50. The number of anilines is 1. The minimum atomic E-state index is 0.145. The molecule has 2 aromatic heterocycles. The second-order valence-corrected chi connectivity index (χ2v) is 8.98. The molecule has 0 saturated carbocycles. The lowest BCUT2D eigenvalue weighted by atomic mass is 10.2. The van der Waals surface area contributed by atoms with Crippen molar-refractivity contribution in [3.05, 3.63) is 41.8 Å². The molecule has 1 aliphatic rings. The summed E-state index contributed by atoms with van der Waals surface area (Å²) in [7, 11) is 0. The first kappa shape index (κ1) is 21.7. The number of nitrogens with zero attached hydrogens (tertiary/aromatic N) is 5. The first-order valence-electron chi connectivity index (χ1n) is 10.6. The first-order valence-corrected chi connectivity index (χ1v) is 12.4. The number of rotatable bonds is 8. The van der Waals surface area contributed by atoms with E-state index in [0.717, 1.165) is 46.9 Å². The summed E-state index contributed by atoms with van der Waals surface area (Å²) in [4.78, 5) is 18.2. The summed E-state index contributed by atoms with van der Waals surface area (Å²) in [6.07, 6.45) is 0. The molecule has 7 nitrogen and oxygen atoms in total. The molecular formula is C22H27N5O2S2. The topological polar surface area (TPSA) is 63.5 Å². The number of carbonyl (C=O) groups is 1. The highest BCUT2D eigenvalue weighted by Crippen LogP contribution is 2.30. The fourth-order valence-electron chi connectivity index (χ4n) is 3.68. The molecule has 0 atom stereocenters. The predicted octanol–water partition coefficient (Wildman–Crippen LogP) is 3.87. The van der Waals surface area contributed by atoms with Crippen LogP contribution in [0.15, 0.2) is 46.9 Å². The molecule has 164 valence electrons. The lowest BCUT2D eigenvalue weighted by Crippen LogP contribution is -2.49. The van der Waals surface area contributed by atoms with Gasteiger partial charge in [-0.2, -0.15) is 0 Å². The molecule has 4 rings (SSSR count). The Morgan fingerprint density at radius 1 is 1.10 bits per heavy atom. The molecule has 0 N–H and O–H groups in total. The fourth-order valence-corrected chi connectivity index (χ4v) is 5.30. The Hall–Kier alpha value is -2.52. The van der Waals surface area contributed by atoms with Gasteiger partial charge in [-0.1, -0.05) is 30.0 Å². The number of ether oxygens (including phenoxy) is 1. The van der Waals surface area contributed by atoms with Gasteiger partial charge in [0.2, 0.25) is 5.91 Å². The number of para-hydroxylation sites is 2. The van der Waals surface area contributed by atoms with E-state index in [1.54, 1.807) is 11.3 Å². The fraction of sp³-hybridized carbons (Fsp3) is 0.409. The van der Waals surface area contributed by atoms with Gasteiger partial charge in [0.25, 0.3) is 0 Å². The smallest absolute Gasteiger partial charge is 0.233 e. The van der Waals surface area contributed by atoms with Crippen molar-refractivity contribution in [3.63, 3.8) is 0 Å². The number of thioether (sulfide) groups is 1. The van der Waals surface area contributed by atoms with Gasteiger partial charge in [-0.3, -0.25) is 4.79 Å². The molecule has 3 heterocycles. The van der Waals surface area contributed by atoms with Crippen LogP contribution in [-0.4, -0.2) is 64.1 Å². The molecule has 9 heteroatoms. The maximum atomic E-state index is 12.8. The van der Waals surface area contributed by atoms with Crippen molar-refractivity contribution in [3.8, 4) is 16.5 Å². The summed E-state index contributed by atoms with van der Waals surface area (Å²) < 4.78 is 7.84. The molecule has 31 heavy (non-hydrogen) atoms. The highest BCUT2D eigenvalue weighted by Gasteiger charge is 2.24. The first-order chi connectivity index (χ1) is 15.2. The molecule has 0 aliphatic carbocycles. The van der Waals surface area contributed by atoms with Gasteiger partial charge in [-0.15, -0.1) is 21.5 Å². The SMILES string of the molecule is CCOc1ccccc1N1CCN(C(=O)CSc2nnc(-c3cccs3)n2CC)CC1. The molecule has 1 aromatic carbocycles. The molecule has 1 saturated heterocycles.